The number of nitrogens with zero attached hydrogens (tertiary/aromatic N) is 2. The third-order valence-electron chi connectivity index (χ3n) is 2.68. The Morgan fingerprint density at radius 3 is 1.17 bits per heavy atom. The topological polar surface area (TPSA) is 6.48 Å². The van der Waals surface area contributed by atoms with Crippen molar-refractivity contribution in [3.05, 3.63) is 0 Å². The van der Waals surface area contributed by atoms with Crippen molar-refractivity contribution in [3.8, 4) is 0 Å². The van der Waals surface area contributed by atoms with Gasteiger partial charge in [0.15, 0.2) is 0 Å². The second kappa shape index (κ2) is 6.91. The molecule has 12 heavy (non-hydrogen) atoms. The van der Waals surface area contributed by atoms with Crippen LogP contribution in [0.3, 0.4) is 0 Å². The van der Waals surface area contributed by atoms with Crippen molar-refractivity contribution in [1.82, 2.24) is 7.77 Å². The summed E-state index contributed by atoms with van der Waals surface area (Å²) in [5.74, 6) is 2.43. The second-order valence-corrected chi connectivity index (χ2v) is 5.80. The Labute approximate surface area is 82.4 Å². The Hall–Kier alpha value is 0.452. The van der Waals surface area contributed by atoms with Gasteiger partial charge in [-0.05, 0) is 26.2 Å². The summed E-state index contributed by atoms with van der Waals surface area (Å²) in [6, 6.07) is 0. The second-order valence-electron chi connectivity index (χ2n) is 3.07. The molecule has 0 saturated heterocycles. The molecular formula is C9H23AlN2. The summed E-state index contributed by atoms with van der Waals surface area (Å²) in [6.07, 6.45) is 0. The Bertz CT molecular complexity index is 88.7. The molecule has 0 spiro atoms. The van der Waals surface area contributed by atoms with Crippen LogP contribution >= 0.6 is 0 Å². The Kier molecular flexibility index (Phi) is 7.17. The monoisotopic (exact) mass is 186 g/mol. The molecule has 72 valence electrons. The first-order chi connectivity index (χ1) is 5.71. The standard InChI is InChI=1S/2C4H10N.CH3.Al/c2*1-3-5-4-2;;/h2*3-4H2,1-2H3;1H3;/q2*-1;;+2. The summed E-state index contributed by atoms with van der Waals surface area (Å²) in [6.45, 7) is 13.9. The maximum Gasteiger partial charge on any atom is 0.484 e. The summed E-state index contributed by atoms with van der Waals surface area (Å²) in [5, 5.41) is 0. The lowest BCUT2D eigenvalue weighted by atomic mass is 10.7. The molecule has 0 N–H and O–H groups in total. The molecule has 3 heteroatoms. The minimum atomic E-state index is -0.765. The minimum Gasteiger partial charge on any atom is -0.372 e. The zero-order valence-electron chi connectivity index (χ0n) is 9.30. The lowest BCUT2D eigenvalue weighted by Crippen LogP contribution is -2.50. The molecule has 0 bridgehead atoms. The highest BCUT2D eigenvalue weighted by molar-refractivity contribution is 6.51. The largest absolute Gasteiger partial charge is 0.484 e. The van der Waals surface area contributed by atoms with Crippen molar-refractivity contribution in [2.24, 2.45) is 0 Å². The van der Waals surface area contributed by atoms with Gasteiger partial charge in [0, 0.05) is 0 Å². The van der Waals surface area contributed by atoms with Crippen LogP contribution in [0.25, 0.3) is 0 Å². The average Bonchev–Trinajstić information content (AvgIpc) is 2.09. The zero-order valence-corrected chi connectivity index (χ0v) is 10.5. The van der Waals surface area contributed by atoms with Gasteiger partial charge in [-0.25, -0.2) is 0 Å². The van der Waals surface area contributed by atoms with Crippen LogP contribution in [0.2, 0.25) is 5.79 Å². The fourth-order valence-electron chi connectivity index (χ4n) is 1.74. The highest BCUT2D eigenvalue weighted by atomic mass is 27.2. The van der Waals surface area contributed by atoms with Crippen LogP contribution < -0.4 is 0 Å². The van der Waals surface area contributed by atoms with E-state index in [0.717, 1.165) is 0 Å². The Morgan fingerprint density at radius 2 is 1.00 bits per heavy atom. The molecule has 2 nitrogen and oxygen atoms in total. The van der Waals surface area contributed by atoms with Crippen LogP contribution in [0.4, 0.5) is 0 Å². The normalized spacial score (nSPS) is 11.2. The van der Waals surface area contributed by atoms with E-state index in [0.29, 0.717) is 0 Å². The Balaban J connectivity index is 4.02. The van der Waals surface area contributed by atoms with E-state index in [1.807, 2.05) is 0 Å². The molecule has 0 unspecified atom stereocenters. The lowest BCUT2D eigenvalue weighted by molar-refractivity contribution is 0.383. The van der Waals surface area contributed by atoms with Crippen molar-refractivity contribution >= 4 is 14.6 Å². The van der Waals surface area contributed by atoms with Gasteiger partial charge in [0.2, 0.25) is 0 Å². The Morgan fingerprint density at radius 1 is 0.750 bits per heavy atom. The van der Waals surface area contributed by atoms with Crippen molar-refractivity contribution < 1.29 is 0 Å². The van der Waals surface area contributed by atoms with Crippen molar-refractivity contribution in [3.63, 3.8) is 0 Å². The van der Waals surface area contributed by atoms with Crippen molar-refractivity contribution in [1.29, 1.82) is 0 Å². The number of hydrogen-bond donors (Lipinski definition) is 0. The molecule has 0 fully saturated rings. The van der Waals surface area contributed by atoms with Gasteiger partial charge in [-0.15, -0.1) is 0 Å². The molecule has 0 radical (unpaired) electrons. The van der Waals surface area contributed by atoms with E-state index in [2.05, 4.69) is 41.2 Å². The number of rotatable bonds is 6. The minimum absolute atomic E-state index is 0.765. The molecule has 0 aliphatic heterocycles. The van der Waals surface area contributed by atoms with Crippen LogP contribution in [0.15, 0.2) is 0 Å². The highest BCUT2D eigenvalue weighted by Gasteiger charge is 2.24. The summed E-state index contributed by atoms with van der Waals surface area (Å²) in [4.78, 5) is 0. The first-order valence-corrected chi connectivity index (χ1v) is 7.37. The van der Waals surface area contributed by atoms with E-state index in [-0.39, 0.29) is 0 Å². The van der Waals surface area contributed by atoms with E-state index in [9.17, 15) is 0 Å². The molecule has 0 aromatic heterocycles. The van der Waals surface area contributed by atoms with Gasteiger partial charge in [-0.1, -0.05) is 33.5 Å². The zero-order chi connectivity index (χ0) is 9.56. The molecule has 0 rings (SSSR count). The summed E-state index contributed by atoms with van der Waals surface area (Å²) < 4.78 is 5.24. The van der Waals surface area contributed by atoms with Crippen molar-refractivity contribution in [2.75, 3.05) is 26.2 Å². The van der Waals surface area contributed by atoms with Crippen molar-refractivity contribution in [2.45, 2.75) is 33.5 Å². The summed E-state index contributed by atoms with van der Waals surface area (Å²) in [5.41, 5.74) is 0. The van der Waals surface area contributed by atoms with Crippen LogP contribution in [-0.4, -0.2) is 48.5 Å². The SMILES string of the molecule is CC[N](CC)[Al]([CH3])[N](CC)CC. The molecule has 0 heterocycles. The smallest absolute Gasteiger partial charge is 0.372 e. The van der Waals surface area contributed by atoms with Gasteiger partial charge in [0.25, 0.3) is 0 Å². The van der Waals surface area contributed by atoms with Crippen LogP contribution in [0.5, 0.6) is 0 Å². The predicted octanol–water partition coefficient (Wildman–Crippen LogP) is 1.79. The molecule has 0 aromatic rings. The van der Waals surface area contributed by atoms with Gasteiger partial charge in [0.1, 0.15) is 0 Å². The quantitative estimate of drug-likeness (QED) is 0.583. The molecule has 0 amide bonds. The maximum atomic E-state index is 2.62. The fourth-order valence-corrected chi connectivity index (χ4v) is 4.31. The molecule has 0 aliphatic rings. The first-order valence-electron chi connectivity index (χ1n) is 5.19. The summed E-state index contributed by atoms with van der Waals surface area (Å²) in [7, 11) is 0. The third kappa shape index (κ3) is 3.45. The molecule has 0 saturated carbocycles. The van der Waals surface area contributed by atoms with Gasteiger partial charge in [0.05, 0.1) is 0 Å². The van der Waals surface area contributed by atoms with E-state index < -0.39 is 14.6 Å². The third-order valence-corrected chi connectivity index (χ3v) is 6.26. The van der Waals surface area contributed by atoms with E-state index in [1.54, 1.807) is 0 Å². The highest BCUT2D eigenvalue weighted by Crippen LogP contribution is 2.00. The average molecular weight is 186 g/mol. The van der Waals surface area contributed by atoms with Crippen LogP contribution in [0, 0.1) is 0 Å². The first kappa shape index (κ1) is 12.5. The number of hydrogen-bond acceptors (Lipinski definition) is 2. The summed E-state index contributed by atoms with van der Waals surface area (Å²) >= 11 is -0.765. The molecule has 0 aliphatic carbocycles. The van der Waals surface area contributed by atoms with Gasteiger partial charge >= 0.3 is 14.6 Å². The van der Waals surface area contributed by atoms with Gasteiger partial charge in [-0.3, -0.25) is 0 Å². The lowest BCUT2D eigenvalue weighted by Gasteiger charge is -2.31. The molecule has 0 aromatic carbocycles. The molecular weight excluding hydrogens is 163 g/mol. The van der Waals surface area contributed by atoms with Gasteiger partial charge in [-0.2, -0.15) is 0 Å². The predicted molar refractivity (Wildman–Crippen MR) is 57.5 cm³/mol. The fraction of sp³-hybridized carbons (Fsp3) is 1.00. The van der Waals surface area contributed by atoms with Gasteiger partial charge < -0.3 is 7.77 Å². The van der Waals surface area contributed by atoms with E-state index in [4.69, 9.17) is 0 Å². The van der Waals surface area contributed by atoms with Crippen LogP contribution in [0.1, 0.15) is 27.7 Å². The van der Waals surface area contributed by atoms with E-state index in [1.165, 1.54) is 26.2 Å². The molecule has 0 atom stereocenters. The maximum absolute atomic E-state index is 2.62. The van der Waals surface area contributed by atoms with Crippen LogP contribution in [-0.2, 0) is 0 Å². The van der Waals surface area contributed by atoms with E-state index >= 15 is 0 Å².